The number of imidazole rings is 1. The van der Waals surface area contributed by atoms with Crippen molar-refractivity contribution in [1.82, 2.24) is 9.97 Å². The quantitative estimate of drug-likeness (QED) is 0.881. The number of hydrogen-bond acceptors (Lipinski definition) is 5. The molecule has 0 atom stereocenters. The van der Waals surface area contributed by atoms with Gasteiger partial charge in [0, 0.05) is 13.1 Å². The maximum Gasteiger partial charge on any atom is 0.279 e. The van der Waals surface area contributed by atoms with Gasteiger partial charge in [0.05, 0.1) is 37.1 Å². The molecule has 1 aromatic carbocycles. The third-order valence-corrected chi connectivity index (χ3v) is 4.55. The fourth-order valence-electron chi connectivity index (χ4n) is 2.23. The number of sulfonamides is 1. The Morgan fingerprint density at radius 1 is 1.24 bits per heavy atom. The lowest BCUT2D eigenvalue weighted by atomic mass is 10.2. The van der Waals surface area contributed by atoms with Crippen LogP contribution in [0.3, 0.4) is 0 Å². The van der Waals surface area contributed by atoms with E-state index >= 15 is 0 Å². The topological polar surface area (TPSA) is 87.3 Å². The Kier molecular flexibility index (Phi) is 3.80. The summed E-state index contributed by atoms with van der Waals surface area (Å²) in [6.07, 6.45) is 2.61. The molecule has 7 nitrogen and oxygen atoms in total. The van der Waals surface area contributed by atoms with E-state index in [0.29, 0.717) is 18.9 Å². The number of aromatic amines is 1. The van der Waals surface area contributed by atoms with E-state index < -0.39 is 10.0 Å². The molecule has 1 aromatic heterocycles. The van der Waals surface area contributed by atoms with Crippen LogP contribution in [0, 0.1) is 0 Å². The molecule has 0 amide bonds. The smallest absolute Gasteiger partial charge is 0.279 e. The summed E-state index contributed by atoms with van der Waals surface area (Å²) in [7, 11) is -3.66. The van der Waals surface area contributed by atoms with E-state index in [1.54, 1.807) is 12.1 Å². The molecule has 3 rings (SSSR count). The van der Waals surface area contributed by atoms with E-state index in [2.05, 4.69) is 19.6 Å². The zero-order valence-electron chi connectivity index (χ0n) is 11.3. The molecule has 0 saturated carbocycles. The molecule has 2 aromatic rings. The number of H-pyrrole nitrogens is 1. The van der Waals surface area contributed by atoms with Crippen LogP contribution in [0.25, 0.3) is 0 Å². The van der Waals surface area contributed by atoms with Gasteiger partial charge >= 0.3 is 0 Å². The Morgan fingerprint density at radius 2 is 2.00 bits per heavy atom. The Labute approximate surface area is 123 Å². The summed E-state index contributed by atoms with van der Waals surface area (Å²) >= 11 is 0. The number of anilines is 2. The standard InChI is InChI=1S/C13H16N4O3S/c18-21(19,13-9-14-10-15-13)16-11-3-1-2-4-12(11)17-5-7-20-8-6-17/h1-4,9-10,16H,5-8H2,(H,14,15). The predicted octanol–water partition coefficient (Wildman–Crippen LogP) is 1.05. The molecular formula is C13H16N4O3S. The maximum atomic E-state index is 12.3. The first-order chi connectivity index (χ1) is 10.2. The molecule has 1 aliphatic heterocycles. The lowest BCUT2D eigenvalue weighted by molar-refractivity contribution is 0.123. The second kappa shape index (κ2) is 5.74. The molecule has 8 heteroatoms. The molecule has 0 bridgehead atoms. The molecule has 1 saturated heterocycles. The summed E-state index contributed by atoms with van der Waals surface area (Å²) in [5, 5.41) is 0.0410. The average molecular weight is 308 g/mol. The second-order valence-corrected chi connectivity index (χ2v) is 6.29. The third kappa shape index (κ3) is 3.01. The highest BCUT2D eigenvalue weighted by Crippen LogP contribution is 2.28. The van der Waals surface area contributed by atoms with Crippen molar-refractivity contribution in [2.45, 2.75) is 5.03 Å². The first kappa shape index (κ1) is 13.9. The second-order valence-electron chi connectivity index (χ2n) is 4.64. The number of ether oxygens (including phenoxy) is 1. The Bertz CT molecular complexity index is 694. The Balaban J connectivity index is 1.89. The van der Waals surface area contributed by atoms with Gasteiger partial charge in [-0.3, -0.25) is 4.72 Å². The van der Waals surface area contributed by atoms with Gasteiger partial charge in [0.2, 0.25) is 0 Å². The van der Waals surface area contributed by atoms with Gasteiger partial charge in [0.25, 0.3) is 10.0 Å². The minimum absolute atomic E-state index is 0.0410. The Hall–Kier alpha value is -2.06. The van der Waals surface area contributed by atoms with E-state index in [0.717, 1.165) is 18.8 Å². The zero-order valence-corrected chi connectivity index (χ0v) is 12.1. The van der Waals surface area contributed by atoms with Gasteiger partial charge in [0.1, 0.15) is 0 Å². The van der Waals surface area contributed by atoms with Gasteiger partial charge in [-0.25, -0.2) is 4.98 Å². The summed E-state index contributed by atoms with van der Waals surface area (Å²) in [5.74, 6) is 0. The summed E-state index contributed by atoms with van der Waals surface area (Å²) in [6, 6.07) is 7.34. The van der Waals surface area contributed by atoms with Crippen molar-refractivity contribution < 1.29 is 13.2 Å². The van der Waals surface area contributed by atoms with Crippen molar-refractivity contribution >= 4 is 21.4 Å². The molecule has 1 aliphatic rings. The lowest BCUT2D eigenvalue weighted by Crippen LogP contribution is -2.36. The molecule has 21 heavy (non-hydrogen) atoms. The average Bonchev–Trinajstić information content (AvgIpc) is 3.03. The predicted molar refractivity (Wildman–Crippen MR) is 78.9 cm³/mol. The highest BCUT2D eigenvalue weighted by molar-refractivity contribution is 7.92. The monoisotopic (exact) mass is 308 g/mol. The molecule has 112 valence electrons. The highest BCUT2D eigenvalue weighted by Gasteiger charge is 2.20. The zero-order chi connectivity index (χ0) is 14.7. The maximum absolute atomic E-state index is 12.3. The number of nitrogens with one attached hydrogen (secondary N) is 2. The number of aromatic nitrogens is 2. The molecule has 1 fully saturated rings. The van der Waals surface area contributed by atoms with Crippen LogP contribution in [0.2, 0.25) is 0 Å². The van der Waals surface area contributed by atoms with Crippen molar-refractivity contribution in [3.63, 3.8) is 0 Å². The van der Waals surface area contributed by atoms with E-state index in [9.17, 15) is 8.42 Å². The molecule has 2 heterocycles. The first-order valence-electron chi connectivity index (χ1n) is 6.60. The molecule has 2 N–H and O–H groups in total. The number of morpholine rings is 1. The van der Waals surface area contributed by atoms with E-state index in [1.165, 1.54) is 12.5 Å². The van der Waals surface area contributed by atoms with Crippen molar-refractivity contribution in [1.29, 1.82) is 0 Å². The summed E-state index contributed by atoms with van der Waals surface area (Å²) in [5.41, 5.74) is 1.40. The first-order valence-corrected chi connectivity index (χ1v) is 8.08. The number of para-hydroxylation sites is 2. The van der Waals surface area contributed by atoms with Crippen LogP contribution in [0.4, 0.5) is 11.4 Å². The van der Waals surface area contributed by atoms with Crippen molar-refractivity contribution in [2.75, 3.05) is 35.9 Å². The van der Waals surface area contributed by atoms with E-state index in [1.807, 2.05) is 12.1 Å². The van der Waals surface area contributed by atoms with Crippen molar-refractivity contribution in [3.05, 3.63) is 36.8 Å². The highest BCUT2D eigenvalue weighted by atomic mass is 32.2. The molecule has 0 radical (unpaired) electrons. The number of benzene rings is 1. The lowest BCUT2D eigenvalue weighted by Gasteiger charge is -2.30. The minimum atomic E-state index is -3.66. The van der Waals surface area contributed by atoms with Gasteiger partial charge in [-0.15, -0.1) is 0 Å². The van der Waals surface area contributed by atoms with Gasteiger partial charge < -0.3 is 14.6 Å². The van der Waals surface area contributed by atoms with Crippen LogP contribution in [-0.4, -0.2) is 44.7 Å². The van der Waals surface area contributed by atoms with Crippen molar-refractivity contribution in [3.8, 4) is 0 Å². The summed E-state index contributed by atoms with van der Waals surface area (Å²) in [6.45, 7) is 2.76. The molecule has 0 unspecified atom stereocenters. The van der Waals surface area contributed by atoms with Gasteiger partial charge in [-0.05, 0) is 12.1 Å². The molecule has 0 aliphatic carbocycles. The van der Waals surface area contributed by atoms with Crippen LogP contribution in [0.5, 0.6) is 0 Å². The fourth-order valence-corrected chi connectivity index (χ4v) is 3.21. The molecular weight excluding hydrogens is 292 g/mol. The van der Waals surface area contributed by atoms with Gasteiger partial charge in [0.15, 0.2) is 5.03 Å². The number of rotatable bonds is 4. The normalized spacial score (nSPS) is 15.9. The third-order valence-electron chi connectivity index (χ3n) is 3.26. The minimum Gasteiger partial charge on any atom is -0.378 e. The van der Waals surface area contributed by atoms with Crippen LogP contribution in [-0.2, 0) is 14.8 Å². The Morgan fingerprint density at radius 3 is 2.71 bits per heavy atom. The van der Waals surface area contributed by atoms with Crippen LogP contribution in [0.1, 0.15) is 0 Å². The van der Waals surface area contributed by atoms with Gasteiger partial charge in [-0.1, -0.05) is 12.1 Å². The van der Waals surface area contributed by atoms with Crippen molar-refractivity contribution in [2.24, 2.45) is 0 Å². The number of hydrogen-bond donors (Lipinski definition) is 2. The SMILES string of the molecule is O=S(=O)(Nc1ccccc1N1CCOCC1)c1cnc[nH]1. The summed E-state index contributed by atoms with van der Waals surface area (Å²) < 4.78 is 32.5. The molecule has 0 spiro atoms. The van der Waals surface area contributed by atoms with Crippen LogP contribution < -0.4 is 9.62 Å². The van der Waals surface area contributed by atoms with E-state index in [-0.39, 0.29) is 5.03 Å². The summed E-state index contributed by atoms with van der Waals surface area (Å²) in [4.78, 5) is 8.45. The van der Waals surface area contributed by atoms with Gasteiger partial charge in [-0.2, -0.15) is 8.42 Å². The fraction of sp³-hybridized carbons (Fsp3) is 0.308. The van der Waals surface area contributed by atoms with Crippen LogP contribution in [0.15, 0.2) is 41.8 Å². The largest absolute Gasteiger partial charge is 0.378 e. The van der Waals surface area contributed by atoms with E-state index in [4.69, 9.17) is 4.74 Å². The van der Waals surface area contributed by atoms with Crippen LogP contribution >= 0.6 is 0 Å². The number of nitrogens with zero attached hydrogens (tertiary/aromatic N) is 2.